The third-order valence-electron chi connectivity index (χ3n) is 3.91. The standard InChI is InChI=1S/C12H19N5O4/c1-2-12(20)9-10(15-11(13)16-12)17(5-14-9)8-3-6(19)7(4-18)21-8/h5-8,18-20H,2-4H2,1H3,(H3,13,15,16)/t6-,7+,8+,12?/m0/s1. The van der Waals surface area contributed by atoms with E-state index in [0.29, 0.717) is 24.4 Å². The van der Waals surface area contributed by atoms with Crippen LogP contribution in [0.4, 0.5) is 5.82 Å². The van der Waals surface area contributed by atoms with Crippen molar-refractivity contribution < 1.29 is 20.1 Å². The Morgan fingerprint density at radius 1 is 1.62 bits per heavy atom. The molecule has 1 unspecified atom stereocenters. The number of guanidine groups is 1. The largest absolute Gasteiger partial charge is 0.394 e. The number of nitrogens with zero attached hydrogens (tertiary/aromatic N) is 3. The van der Waals surface area contributed by atoms with Crippen LogP contribution in [-0.2, 0) is 10.5 Å². The van der Waals surface area contributed by atoms with Crippen LogP contribution in [0.2, 0.25) is 0 Å². The topological polar surface area (TPSA) is 138 Å². The highest BCUT2D eigenvalue weighted by molar-refractivity contribution is 5.94. The van der Waals surface area contributed by atoms with Crippen LogP contribution in [0.15, 0.2) is 11.3 Å². The van der Waals surface area contributed by atoms with Gasteiger partial charge in [-0.15, -0.1) is 0 Å². The Bertz CT molecular complexity index is 574. The molecule has 0 aromatic carbocycles. The number of anilines is 1. The molecule has 1 fully saturated rings. The highest BCUT2D eigenvalue weighted by Crippen LogP contribution is 2.38. The van der Waals surface area contributed by atoms with Gasteiger partial charge in [0.05, 0.1) is 19.0 Å². The first kappa shape index (κ1) is 14.3. The molecule has 1 saturated heterocycles. The van der Waals surface area contributed by atoms with Crippen LogP contribution < -0.4 is 11.1 Å². The number of imidazole rings is 1. The SMILES string of the molecule is CCC1(O)N=C(N)Nc2c1ncn2[C@H]1C[C@H](O)[C@@H](CO)O1. The third kappa shape index (κ3) is 2.18. The van der Waals surface area contributed by atoms with E-state index >= 15 is 0 Å². The van der Waals surface area contributed by atoms with Crippen LogP contribution in [0.3, 0.4) is 0 Å². The predicted octanol–water partition coefficient (Wildman–Crippen LogP) is -1.18. The molecule has 6 N–H and O–H groups in total. The van der Waals surface area contributed by atoms with Gasteiger partial charge < -0.3 is 31.1 Å². The number of nitrogens with one attached hydrogen (secondary N) is 1. The van der Waals surface area contributed by atoms with Crippen molar-refractivity contribution in [3.63, 3.8) is 0 Å². The maximum atomic E-state index is 10.5. The van der Waals surface area contributed by atoms with Gasteiger partial charge in [0.15, 0.2) is 5.96 Å². The monoisotopic (exact) mass is 297 g/mol. The summed E-state index contributed by atoms with van der Waals surface area (Å²) in [6.45, 7) is 1.52. The van der Waals surface area contributed by atoms with Crippen LogP contribution in [-0.4, -0.2) is 49.6 Å². The Morgan fingerprint density at radius 3 is 3.00 bits per heavy atom. The zero-order valence-electron chi connectivity index (χ0n) is 11.6. The molecule has 1 aromatic heterocycles. The molecule has 3 heterocycles. The van der Waals surface area contributed by atoms with Crippen molar-refractivity contribution in [1.29, 1.82) is 0 Å². The van der Waals surface area contributed by atoms with E-state index in [-0.39, 0.29) is 12.6 Å². The van der Waals surface area contributed by atoms with Crippen LogP contribution in [0.5, 0.6) is 0 Å². The Hall–Kier alpha value is -1.68. The average molecular weight is 297 g/mol. The van der Waals surface area contributed by atoms with Crippen molar-refractivity contribution in [3.05, 3.63) is 12.0 Å². The minimum atomic E-state index is -1.47. The molecule has 0 radical (unpaired) electrons. The number of rotatable bonds is 3. The molecule has 9 heteroatoms. The highest BCUT2D eigenvalue weighted by Gasteiger charge is 2.41. The lowest BCUT2D eigenvalue weighted by atomic mass is 10.1. The summed E-state index contributed by atoms with van der Waals surface area (Å²) in [7, 11) is 0. The molecule has 1 aromatic rings. The zero-order valence-corrected chi connectivity index (χ0v) is 11.6. The number of nitrogens with two attached hydrogens (primary N) is 1. The Morgan fingerprint density at radius 2 is 2.38 bits per heavy atom. The fourth-order valence-corrected chi connectivity index (χ4v) is 2.69. The number of hydrogen-bond donors (Lipinski definition) is 5. The van der Waals surface area contributed by atoms with Crippen molar-refractivity contribution in [2.75, 3.05) is 11.9 Å². The summed E-state index contributed by atoms with van der Waals surface area (Å²) in [5.41, 5.74) is 4.61. The van der Waals surface area contributed by atoms with E-state index in [1.807, 2.05) is 0 Å². The lowest BCUT2D eigenvalue weighted by Crippen LogP contribution is -2.37. The van der Waals surface area contributed by atoms with E-state index in [1.54, 1.807) is 11.5 Å². The van der Waals surface area contributed by atoms with E-state index in [0.717, 1.165) is 0 Å². The van der Waals surface area contributed by atoms with Gasteiger partial charge in [-0.1, -0.05) is 6.92 Å². The van der Waals surface area contributed by atoms with Crippen molar-refractivity contribution in [2.45, 2.75) is 43.9 Å². The second kappa shape index (κ2) is 4.95. The molecule has 0 saturated carbocycles. The molecular formula is C12H19N5O4. The van der Waals surface area contributed by atoms with Gasteiger partial charge in [-0.05, 0) is 0 Å². The maximum Gasteiger partial charge on any atom is 0.206 e. The summed E-state index contributed by atoms with van der Waals surface area (Å²) in [5, 5.41) is 32.3. The van der Waals surface area contributed by atoms with Crippen molar-refractivity contribution in [2.24, 2.45) is 10.7 Å². The number of hydrogen-bond acceptors (Lipinski definition) is 8. The molecule has 0 amide bonds. The molecule has 0 spiro atoms. The molecule has 2 aliphatic heterocycles. The Labute approximate surface area is 121 Å². The van der Waals surface area contributed by atoms with Crippen LogP contribution in [0, 0.1) is 0 Å². The lowest BCUT2D eigenvalue weighted by Gasteiger charge is -2.28. The summed E-state index contributed by atoms with van der Waals surface area (Å²) >= 11 is 0. The van der Waals surface area contributed by atoms with Gasteiger partial charge in [-0.2, -0.15) is 0 Å². The highest BCUT2D eigenvalue weighted by atomic mass is 16.5. The second-order valence-corrected chi connectivity index (χ2v) is 5.26. The van der Waals surface area contributed by atoms with Crippen LogP contribution in [0.25, 0.3) is 0 Å². The predicted molar refractivity (Wildman–Crippen MR) is 73.3 cm³/mol. The van der Waals surface area contributed by atoms with Crippen molar-refractivity contribution >= 4 is 11.8 Å². The number of ether oxygens (including phenoxy) is 1. The Balaban J connectivity index is 1.95. The molecule has 4 atom stereocenters. The van der Waals surface area contributed by atoms with Gasteiger partial charge in [0.1, 0.15) is 23.8 Å². The Kier molecular flexibility index (Phi) is 3.36. The molecule has 21 heavy (non-hydrogen) atoms. The quantitative estimate of drug-likeness (QED) is 0.473. The van der Waals surface area contributed by atoms with Crippen molar-refractivity contribution in [3.8, 4) is 0 Å². The molecule has 9 nitrogen and oxygen atoms in total. The smallest absolute Gasteiger partial charge is 0.206 e. The van der Waals surface area contributed by atoms with E-state index < -0.39 is 24.2 Å². The molecule has 3 rings (SSSR count). The first-order valence-corrected chi connectivity index (χ1v) is 6.85. The van der Waals surface area contributed by atoms with Gasteiger partial charge in [0.25, 0.3) is 0 Å². The second-order valence-electron chi connectivity index (χ2n) is 5.26. The first-order chi connectivity index (χ1) is 9.98. The van der Waals surface area contributed by atoms with Gasteiger partial charge in [0.2, 0.25) is 5.72 Å². The third-order valence-corrected chi connectivity index (χ3v) is 3.91. The van der Waals surface area contributed by atoms with E-state index in [9.17, 15) is 10.2 Å². The number of aliphatic hydroxyl groups is 3. The van der Waals surface area contributed by atoms with Gasteiger partial charge in [0, 0.05) is 12.8 Å². The number of fused-ring (bicyclic) bond motifs is 1. The minimum Gasteiger partial charge on any atom is -0.394 e. The van der Waals surface area contributed by atoms with Crippen molar-refractivity contribution in [1.82, 2.24) is 9.55 Å². The summed E-state index contributed by atoms with van der Waals surface area (Å²) in [4.78, 5) is 8.19. The fraction of sp³-hybridized carbons (Fsp3) is 0.667. The van der Waals surface area contributed by atoms with Crippen LogP contribution >= 0.6 is 0 Å². The minimum absolute atomic E-state index is 0.0888. The van der Waals surface area contributed by atoms with Gasteiger partial charge >= 0.3 is 0 Å². The first-order valence-electron chi connectivity index (χ1n) is 6.85. The van der Waals surface area contributed by atoms with Gasteiger partial charge in [-0.25, -0.2) is 9.98 Å². The van der Waals surface area contributed by atoms with Gasteiger partial charge in [-0.3, -0.25) is 4.57 Å². The molecular weight excluding hydrogens is 278 g/mol. The fourth-order valence-electron chi connectivity index (χ4n) is 2.69. The summed E-state index contributed by atoms with van der Waals surface area (Å²) in [5.74, 6) is 0.577. The molecule has 116 valence electrons. The number of aliphatic imine (C=N–C) groups is 1. The van der Waals surface area contributed by atoms with E-state index in [2.05, 4.69) is 15.3 Å². The van der Waals surface area contributed by atoms with E-state index in [4.69, 9.17) is 15.6 Å². The lowest BCUT2D eigenvalue weighted by molar-refractivity contribution is -0.0438. The maximum absolute atomic E-state index is 10.5. The zero-order chi connectivity index (χ0) is 15.2. The summed E-state index contributed by atoms with van der Waals surface area (Å²) in [6.07, 6.45) is 0.270. The number of aromatic nitrogens is 2. The molecule has 2 aliphatic rings. The van der Waals surface area contributed by atoms with Crippen LogP contribution in [0.1, 0.15) is 31.7 Å². The molecule has 0 bridgehead atoms. The average Bonchev–Trinajstić information content (AvgIpc) is 3.02. The molecule has 0 aliphatic carbocycles. The van der Waals surface area contributed by atoms with E-state index in [1.165, 1.54) is 6.33 Å². The summed E-state index contributed by atoms with van der Waals surface area (Å²) in [6, 6.07) is 0. The normalized spacial score (nSPS) is 35.2. The summed E-state index contributed by atoms with van der Waals surface area (Å²) < 4.78 is 7.24. The number of aliphatic hydroxyl groups excluding tert-OH is 2.